The molecule has 0 fully saturated rings. The lowest BCUT2D eigenvalue weighted by atomic mass is 9.91. The Labute approximate surface area is 305 Å². The molecule has 1 heteroatoms. The van der Waals surface area contributed by atoms with Crippen molar-refractivity contribution in [3.63, 3.8) is 0 Å². The van der Waals surface area contributed by atoms with Crippen LogP contribution in [0.4, 0.5) is 17.1 Å². The summed E-state index contributed by atoms with van der Waals surface area (Å²) in [6, 6.07) is 70.2. The van der Waals surface area contributed by atoms with E-state index in [2.05, 4.69) is 218 Å². The molecule has 52 heavy (non-hydrogen) atoms. The molecule has 0 saturated heterocycles. The highest BCUT2D eigenvalue weighted by atomic mass is 15.1. The Balaban J connectivity index is 1.18. The molecular weight excluding hydrogens is 627 g/mol. The van der Waals surface area contributed by atoms with Gasteiger partial charge in [-0.3, -0.25) is 0 Å². The van der Waals surface area contributed by atoms with Crippen LogP contribution in [0, 0.1) is 6.92 Å². The number of nitrogens with zero attached hydrogens (tertiary/aromatic N) is 1. The van der Waals surface area contributed by atoms with Gasteiger partial charge in [0.05, 0.1) is 5.69 Å². The standard InChI is InChI=1S/C51H37N/c1-36-34-43(32-26-38(36)25-24-37-14-4-2-5-15-37)52(51-23-13-12-20-45(51)39-16-6-3-7-17-39)42-30-27-41(28-31-42)49-35-50-44-19-9-8-18-40(44)29-33-48(50)46-21-10-11-22-47(46)49/h2-35H,1H3/b25-24-. The van der Waals surface area contributed by atoms with Gasteiger partial charge in [-0.05, 0) is 109 Å². The Hall–Kier alpha value is -6.70. The number of fused-ring (bicyclic) bond motifs is 5. The van der Waals surface area contributed by atoms with Gasteiger partial charge in [-0.1, -0.05) is 170 Å². The summed E-state index contributed by atoms with van der Waals surface area (Å²) in [4.78, 5) is 2.40. The van der Waals surface area contributed by atoms with Gasteiger partial charge in [0.2, 0.25) is 0 Å². The fraction of sp³-hybridized carbons (Fsp3) is 0.0196. The number of aryl methyl sites for hydroxylation is 1. The first-order chi connectivity index (χ1) is 25.7. The van der Waals surface area contributed by atoms with Crippen LogP contribution in [0.25, 0.3) is 66.7 Å². The van der Waals surface area contributed by atoms with Gasteiger partial charge in [0.1, 0.15) is 0 Å². The van der Waals surface area contributed by atoms with Gasteiger partial charge in [-0.2, -0.15) is 0 Å². The molecule has 0 atom stereocenters. The third-order valence-corrected chi connectivity index (χ3v) is 10.2. The lowest BCUT2D eigenvalue weighted by Gasteiger charge is -2.28. The molecule has 0 amide bonds. The quantitative estimate of drug-likeness (QED) is 0.121. The molecule has 0 radical (unpaired) electrons. The number of para-hydroxylation sites is 1. The molecule has 0 bridgehead atoms. The maximum absolute atomic E-state index is 2.40. The minimum Gasteiger partial charge on any atom is -0.310 e. The third kappa shape index (κ3) is 5.83. The van der Waals surface area contributed by atoms with E-state index >= 15 is 0 Å². The topological polar surface area (TPSA) is 3.24 Å². The molecule has 0 aliphatic rings. The first kappa shape index (κ1) is 31.3. The predicted octanol–water partition coefficient (Wildman–Crippen LogP) is 14.4. The summed E-state index contributed by atoms with van der Waals surface area (Å²) in [6.45, 7) is 2.20. The molecule has 0 N–H and O–H groups in total. The zero-order valence-electron chi connectivity index (χ0n) is 29.1. The predicted molar refractivity (Wildman–Crippen MR) is 225 cm³/mol. The molecule has 9 rings (SSSR count). The van der Waals surface area contributed by atoms with E-state index in [0.717, 1.165) is 17.1 Å². The number of benzene rings is 9. The van der Waals surface area contributed by atoms with E-state index in [1.54, 1.807) is 0 Å². The molecule has 0 aromatic heterocycles. The normalized spacial score (nSPS) is 11.5. The van der Waals surface area contributed by atoms with Crippen molar-refractivity contribution in [1.82, 2.24) is 0 Å². The van der Waals surface area contributed by atoms with E-state index in [0.29, 0.717) is 0 Å². The fourth-order valence-electron chi connectivity index (χ4n) is 7.58. The van der Waals surface area contributed by atoms with Crippen LogP contribution in [0.1, 0.15) is 16.7 Å². The molecule has 9 aromatic rings. The molecule has 0 aliphatic carbocycles. The van der Waals surface area contributed by atoms with Gasteiger partial charge in [0.25, 0.3) is 0 Å². The minimum absolute atomic E-state index is 1.11. The average Bonchev–Trinajstić information content (AvgIpc) is 3.21. The van der Waals surface area contributed by atoms with Crippen molar-refractivity contribution >= 4 is 61.5 Å². The third-order valence-electron chi connectivity index (χ3n) is 10.2. The number of anilines is 3. The van der Waals surface area contributed by atoms with E-state index in [1.807, 2.05) is 0 Å². The summed E-state index contributed by atoms with van der Waals surface area (Å²) in [7, 11) is 0. The van der Waals surface area contributed by atoms with E-state index in [1.165, 1.54) is 71.3 Å². The fourth-order valence-corrected chi connectivity index (χ4v) is 7.58. The van der Waals surface area contributed by atoms with Crippen LogP contribution in [0.5, 0.6) is 0 Å². The van der Waals surface area contributed by atoms with E-state index < -0.39 is 0 Å². The summed E-state index contributed by atoms with van der Waals surface area (Å²) >= 11 is 0. The van der Waals surface area contributed by atoms with Gasteiger partial charge in [0.15, 0.2) is 0 Å². The molecule has 9 aromatic carbocycles. The van der Waals surface area contributed by atoms with Gasteiger partial charge in [-0.15, -0.1) is 0 Å². The van der Waals surface area contributed by atoms with Crippen molar-refractivity contribution < 1.29 is 0 Å². The van der Waals surface area contributed by atoms with Gasteiger partial charge >= 0.3 is 0 Å². The highest BCUT2D eigenvalue weighted by molar-refractivity contribution is 6.21. The number of hydrogen-bond donors (Lipinski definition) is 0. The van der Waals surface area contributed by atoms with Crippen LogP contribution in [0.2, 0.25) is 0 Å². The van der Waals surface area contributed by atoms with Crippen molar-refractivity contribution in [3.05, 3.63) is 211 Å². The second-order valence-corrected chi connectivity index (χ2v) is 13.4. The maximum atomic E-state index is 2.40. The van der Waals surface area contributed by atoms with Crippen molar-refractivity contribution in [2.75, 3.05) is 4.90 Å². The molecule has 0 aliphatic heterocycles. The van der Waals surface area contributed by atoms with Crippen LogP contribution in [-0.2, 0) is 0 Å². The Morgan fingerprint density at radius 1 is 0.385 bits per heavy atom. The van der Waals surface area contributed by atoms with Crippen LogP contribution in [0.15, 0.2) is 194 Å². The second kappa shape index (κ2) is 13.5. The van der Waals surface area contributed by atoms with Crippen LogP contribution >= 0.6 is 0 Å². The lowest BCUT2D eigenvalue weighted by molar-refractivity contribution is 1.27. The van der Waals surface area contributed by atoms with Gasteiger partial charge < -0.3 is 4.90 Å². The van der Waals surface area contributed by atoms with Gasteiger partial charge in [-0.25, -0.2) is 0 Å². The molecule has 246 valence electrons. The summed E-state index contributed by atoms with van der Waals surface area (Å²) < 4.78 is 0. The molecule has 0 saturated carbocycles. The Bertz CT molecular complexity index is 2720. The molecule has 1 nitrogen and oxygen atoms in total. The van der Waals surface area contributed by atoms with Crippen molar-refractivity contribution in [2.45, 2.75) is 6.92 Å². The maximum Gasteiger partial charge on any atom is 0.0540 e. The van der Waals surface area contributed by atoms with Crippen molar-refractivity contribution in [1.29, 1.82) is 0 Å². The summed E-state index contributed by atoms with van der Waals surface area (Å²) in [5.74, 6) is 0. The highest BCUT2D eigenvalue weighted by Crippen LogP contribution is 2.43. The Kier molecular flexibility index (Phi) is 8.15. The minimum atomic E-state index is 1.11. The van der Waals surface area contributed by atoms with Crippen LogP contribution in [0.3, 0.4) is 0 Å². The van der Waals surface area contributed by atoms with E-state index in [4.69, 9.17) is 0 Å². The monoisotopic (exact) mass is 663 g/mol. The van der Waals surface area contributed by atoms with E-state index in [9.17, 15) is 0 Å². The summed E-state index contributed by atoms with van der Waals surface area (Å²) in [5.41, 5.74) is 11.8. The Morgan fingerprint density at radius 3 is 1.79 bits per heavy atom. The first-order valence-electron chi connectivity index (χ1n) is 17.9. The summed E-state index contributed by atoms with van der Waals surface area (Å²) in [5, 5.41) is 7.65. The first-order valence-corrected chi connectivity index (χ1v) is 17.9. The average molecular weight is 664 g/mol. The van der Waals surface area contributed by atoms with E-state index in [-0.39, 0.29) is 0 Å². The Morgan fingerprint density at radius 2 is 1.00 bits per heavy atom. The number of rotatable bonds is 7. The molecular formula is C51H37N. The van der Waals surface area contributed by atoms with Crippen molar-refractivity contribution in [3.8, 4) is 22.3 Å². The lowest BCUT2D eigenvalue weighted by Crippen LogP contribution is -2.11. The SMILES string of the molecule is Cc1cc(N(c2ccc(-c3cc4c5ccccc5ccc4c4ccccc34)cc2)c2ccccc2-c2ccccc2)ccc1/C=C\c1ccccc1. The molecule has 0 unspecified atom stereocenters. The van der Waals surface area contributed by atoms with Gasteiger partial charge in [0, 0.05) is 16.9 Å². The second-order valence-electron chi connectivity index (χ2n) is 13.4. The van der Waals surface area contributed by atoms with Crippen molar-refractivity contribution in [2.24, 2.45) is 0 Å². The zero-order chi connectivity index (χ0) is 34.9. The van der Waals surface area contributed by atoms with Crippen LogP contribution in [-0.4, -0.2) is 0 Å². The smallest absolute Gasteiger partial charge is 0.0540 e. The number of hydrogen-bond acceptors (Lipinski definition) is 1. The summed E-state index contributed by atoms with van der Waals surface area (Å²) in [6.07, 6.45) is 4.39. The molecule has 0 heterocycles. The zero-order valence-corrected chi connectivity index (χ0v) is 29.1. The highest BCUT2D eigenvalue weighted by Gasteiger charge is 2.18. The van der Waals surface area contributed by atoms with Crippen LogP contribution < -0.4 is 4.90 Å². The largest absolute Gasteiger partial charge is 0.310 e. The molecule has 0 spiro atoms.